The Kier molecular flexibility index (Phi) is 11.9. The van der Waals surface area contributed by atoms with Crippen molar-refractivity contribution in [3.05, 3.63) is 46.6 Å². The summed E-state index contributed by atoms with van der Waals surface area (Å²) in [6.45, 7) is 11.1. The van der Waals surface area contributed by atoms with E-state index in [0.717, 1.165) is 25.9 Å². The molecule has 18 heteroatoms. The predicted octanol–water partition coefficient (Wildman–Crippen LogP) is 5.42. The van der Waals surface area contributed by atoms with Crippen LogP contribution in [-0.4, -0.2) is 114 Å². The Morgan fingerprint density at radius 3 is 2.31 bits per heavy atom. The summed E-state index contributed by atoms with van der Waals surface area (Å²) >= 11 is 3.41. The van der Waals surface area contributed by atoms with Crippen LogP contribution in [0.3, 0.4) is 0 Å². The van der Waals surface area contributed by atoms with Gasteiger partial charge in [-0.15, -0.1) is 0 Å². The van der Waals surface area contributed by atoms with Crippen LogP contribution in [0.5, 0.6) is 11.5 Å². The lowest BCUT2D eigenvalue weighted by molar-refractivity contribution is 0.00898. The highest BCUT2D eigenvalue weighted by Crippen LogP contribution is 2.38. The number of aromatic hydroxyl groups is 1. The highest BCUT2D eigenvalue weighted by Gasteiger charge is 2.32. The Balaban J connectivity index is 1.29. The van der Waals surface area contributed by atoms with E-state index in [1.165, 1.54) is 44.5 Å². The van der Waals surface area contributed by atoms with Crippen molar-refractivity contribution < 1.29 is 37.7 Å². The summed E-state index contributed by atoms with van der Waals surface area (Å²) in [6.07, 6.45) is 2.85. The first-order chi connectivity index (χ1) is 24.6. The Morgan fingerprint density at radius 2 is 1.69 bits per heavy atom. The van der Waals surface area contributed by atoms with Gasteiger partial charge in [0.2, 0.25) is 16.0 Å². The second kappa shape index (κ2) is 16.0. The third-order valence-corrected chi connectivity index (χ3v) is 10.6. The van der Waals surface area contributed by atoms with Crippen molar-refractivity contribution in [2.75, 3.05) is 72.4 Å². The van der Waals surface area contributed by atoms with Gasteiger partial charge >= 0.3 is 12.1 Å². The van der Waals surface area contributed by atoms with E-state index in [1.807, 2.05) is 20.8 Å². The molecule has 2 saturated heterocycles. The molecular weight excluding hydrogens is 760 g/mol. The number of carbonyl (C=O) groups is 2. The van der Waals surface area contributed by atoms with E-state index in [-0.39, 0.29) is 40.6 Å². The van der Waals surface area contributed by atoms with Crippen molar-refractivity contribution in [3.63, 3.8) is 0 Å². The number of ether oxygens (including phenoxy) is 2. The number of hydrogen-bond acceptors (Lipinski definition) is 13. The first-order valence-electron chi connectivity index (χ1n) is 16.9. The minimum Gasteiger partial charge on any atom is -0.508 e. The number of rotatable bonds is 11. The molecule has 0 aliphatic carbocycles. The fourth-order valence-electron chi connectivity index (χ4n) is 6.07. The average Bonchev–Trinajstić information content (AvgIpc) is 3.10. The molecule has 0 saturated carbocycles. The van der Waals surface area contributed by atoms with Gasteiger partial charge in [-0.05, 0) is 74.7 Å². The van der Waals surface area contributed by atoms with Gasteiger partial charge in [0.15, 0.2) is 0 Å². The molecule has 0 radical (unpaired) electrons. The number of nitrogens with zero attached hydrogens (tertiary/aromatic N) is 5. The van der Waals surface area contributed by atoms with Crippen LogP contribution >= 0.6 is 15.9 Å². The van der Waals surface area contributed by atoms with Crippen molar-refractivity contribution in [1.29, 1.82) is 0 Å². The van der Waals surface area contributed by atoms with Gasteiger partial charge in [0, 0.05) is 63.6 Å². The molecule has 1 amide bonds. The average molecular weight is 806 g/mol. The van der Waals surface area contributed by atoms with E-state index in [0.29, 0.717) is 59.5 Å². The summed E-state index contributed by atoms with van der Waals surface area (Å²) < 4.78 is 38.7. The first kappa shape index (κ1) is 38.7. The number of benzene rings is 2. The Hall–Kier alpha value is -4.55. The van der Waals surface area contributed by atoms with E-state index in [1.54, 1.807) is 11.0 Å². The van der Waals surface area contributed by atoms with E-state index in [2.05, 4.69) is 51.1 Å². The molecule has 282 valence electrons. The maximum Gasteiger partial charge on any atom is 0.410 e. The quantitative estimate of drug-likeness (QED) is 0.154. The maximum absolute atomic E-state index is 12.6. The zero-order valence-corrected chi connectivity index (χ0v) is 32.2. The lowest BCUT2D eigenvalue weighted by atomic mass is 10.00. The molecule has 52 heavy (non-hydrogen) atoms. The molecule has 0 unspecified atom stereocenters. The number of carbonyl (C=O) groups excluding carboxylic acids is 1. The summed E-state index contributed by atoms with van der Waals surface area (Å²) in [4.78, 5) is 40.1. The van der Waals surface area contributed by atoms with E-state index < -0.39 is 21.6 Å². The minimum atomic E-state index is -3.65. The highest BCUT2D eigenvalue weighted by molar-refractivity contribution is 9.10. The summed E-state index contributed by atoms with van der Waals surface area (Å²) in [5.74, 6) is -0.641. The van der Waals surface area contributed by atoms with E-state index in [4.69, 9.17) is 9.47 Å². The van der Waals surface area contributed by atoms with Gasteiger partial charge in [-0.25, -0.2) is 23.0 Å². The number of phenolic OH excluding ortho intramolecular Hbond substituents is 1. The Bertz CT molecular complexity index is 1890. The van der Waals surface area contributed by atoms with Crippen molar-refractivity contribution >= 4 is 72.5 Å². The minimum absolute atomic E-state index is 0.0835. The zero-order valence-electron chi connectivity index (χ0n) is 29.8. The number of anilines is 6. The van der Waals surface area contributed by atoms with Crippen LogP contribution in [-0.2, 0) is 14.8 Å². The molecule has 5 rings (SSSR count). The molecule has 2 aliphatic heterocycles. The van der Waals surface area contributed by atoms with E-state index in [9.17, 15) is 28.2 Å². The highest BCUT2D eigenvalue weighted by atomic mass is 79.9. The lowest BCUT2D eigenvalue weighted by Crippen LogP contribution is -2.55. The van der Waals surface area contributed by atoms with Crippen LogP contribution in [0.4, 0.5) is 39.3 Å². The Morgan fingerprint density at radius 1 is 1.00 bits per heavy atom. The van der Waals surface area contributed by atoms with Crippen molar-refractivity contribution in [1.82, 2.24) is 19.8 Å². The number of aromatic carboxylic acids is 1. The monoisotopic (exact) mass is 804 g/mol. The second-order valence-corrected chi connectivity index (χ2v) is 16.3. The van der Waals surface area contributed by atoms with Gasteiger partial charge < -0.3 is 40.1 Å². The molecule has 3 aromatic rings. The molecule has 16 nitrogen and oxygen atoms in total. The number of piperidine rings is 1. The fraction of sp³-hybridized carbons (Fsp3) is 0.471. The van der Waals surface area contributed by atoms with Crippen LogP contribution in [0, 0.1) is 0 Å². The molecule has 2 fully saturated rings. The van der Waals surface area contributed by atoms with Crippen LogP contribution < -0.4 is 25.0 Å². The second-order valence-electron chi connectivity index (χ2n) is 13.5. The third kappa shape index (κ3) is 9.65. The van der Waals surface area contributed by atoms with Crippen LogP contribution in [0.15, 0.2) is 41.0 Å². The molecule has 3 heterocycles. The summed E-state index contributed by atoms with van der Waals surface area (Å²) in [5.41, 5.74) is 0.854. The number of carboxylic acids is 1. The number of piperazine rings is 1. The fourth-order valence-corrected chi connectivity index (χ4v) is 7.00. The number of amides is 1. The largest absolute Gasteiger partial charge is 0.508 e. The molecule has 0 bridgehead atoms. The maximum atomic E-state index is 12.6. The summed E-state index contributed by atoms with van der Waals surface area (Å²) in [7, 11) is -2.16. The molecule has 2 aliphatic rings. The van der Waals surface area contributed by atoms with E-state index >= 15 is 0 Å². The number of halogens is 1. The molecule has 5 N–H and O–H groups in total. The first-order valence-corrected chi connectivity index (χ1v) is 19.3. The SMILES string of the molecule is CCS(=O)(=O)Nc1cc(O)ccc1Nc1nc(Nc2cc(C(=O)O)c(N3CCC(N4CCN(C(=O)OC(C)(C)C)CC4)CC3)cc2OC)ncc1Br. The molecule has 2 aromatic carbocycles. The van der Waals surface area contributed by atoms with Gasteiger partial charge in [-0.2, -0.15) is 4.98 Å². The van der Waals surface area contributed by atoms with Crippen molar-refractivity contribution in [2.45, 2.75) is 52.2 Å². The Labute approximate surface area is 311 Å². The van der Waals surface area contributed by atoms with Gasteiger partial charge in [-0.3, -0.25) is 9.62 Å². The van der Waals surface area contributed by atoms with Gasteiger partial charge in [0.05, 0.1) is 45.6 Å². The van der Waals surface area contributed by atoms with Crippen molar-refractivity contribution in [2.24, 2.45) is 0 Å². The molecular formula is C34H45BrN8O8S. The zero-order chi connectivity index (χ0) is 37.8. The standard InChI is InChI=1S/C34H45BrN8O8S/c1-6-52(48,49)40-26-17-22(44)7-8-25(26)37-30-24(35)20-36-32(39-30)38-27-18-23(31(45)46)28(19-29(27)50-5)42-11-9-21(10-12-42)41-13-15-43(16-14-41)33(47)51-34(2,3)4/h7-8,17-21,40,44H,6,9-16H2,1-5H3,(H,45,46)(H2,36,37,38,39). The topological polar surface area (TPSA) is 199 Å². The molecule has 0 spiro atoms. The molecule has 0 atom stereocenters. The smallest absolute Gasteiger partial charge is 0.410 e. The summed E-state index contributed by atoms with van der Waals surface area (Å²) in [5, 5.41) is 26.4. The number of aromatic nitrogens is 2. The normalized spacial score (nSPS) is 16.0. The lowest BCUT2D eigenvalue weighted by Gasteiger charge is -2.43. The van der Waals surface area contributed by atoms with Crippen LogP contribution in [0.1, 0.15) is 50.9 Å². The van der Waals surface area contributed by atoms with Crippen molar-refractivity contribution in [3.8, 4) is 11.5 Å². The van der Waals surface area contributed by atoms with Crippen LogP contribution in [0.25, 0.3) is 0 Å². The number of phenols is 1. The number of carboxylic acid groups (broad SMARTS) is 1. The number of sulfonamides is 1. The van der Waals surface area contributed by atoms with Gasteiger partial charge in [0.1, 0.15) is 22.9 Å². The van der Waals surface area contributed by atoms with Crippen LogP contribution in [0.2, 0.25) is 0 Å². The number of hydrogen-bond donors (Lipinski definition) is 5. The predicted molar refractivity (Wildman–Crippen MR) is 202 cm³/mol. The number of nitrogens with one attached hydrogen (secondary N) is 3. The molecule has 1 aromatic heterocycles. The third-order valence-electron chi connectivity index (χ3n) is 8.73. The summed E-state index contributed by atoms with van der Waals surface area (Å²) in [6, 6.07) is 7.69. The van der Waals surface area contributed by atoms with Gasteiger partial charge in [0.25, 0.3) is 0 Å². The number of methoxy groups -OCH3 is 1. The van der Waals surface area contributed by atoms with Gasteiger partial charge in [-0.1, -0.05) is 0 Å².